The van der Waals surface area contributed by atoms with Crippen LogP contribution in [0.3, 0.4) is 0 Å². The van der Waals surface area contributed by atoms with Crippen molar-refractivity contribution in [2.75, 3.05) is 10.2 Å². The van der Waals surface area contributed by atoms with Crippen molar-refractivity contribution in [2.24, 2.45) is 11.8 Å². The third kappa shape index (κ3) is 4.92. The summed E-state index contributed by atoms with van der Waals surface area (Å²) in [4.78, 5) is 51.7. The van der Waals surface area contributed by atoms with Gasteiger partial charge in [0.1, 0.15) is 0 Å². The molecular weight excluding hydrogens is 452 g/mol. The Morgan fingerprint density at radius 1 is 0.971 bits per heavy atom. The fraction of sp³-hybridized carbons (Fsp3) is 0.308. The number of thioether (sulfide) groups is 1. The number of carboxylic acid groups (broad SMARTS) is 1. The lowest BCUT2D eigenvalue weighted by Gasteiger charge is -2.24. The highest BCUT2D eigenvalue weighted by atomic mass is 32.2. The molecule has 0 bridgehead atoms. The molecular formula is C26H26N2O5S. The minimum atomic E-state index is -0.970. The van der Waals surface area contributed by atoms with E-state index in [1.807, 2.05) is 32.1 Å². The zero-order valence-electron chi connectivity index (χ0n) is 19.0. The van der Waals surface area contributed by atoms with Crippen LogP contribution in [0.2, 0.25) is 0 Å². The molecule has 1 aliphatic carbocycles. The lowest BCUT2D eigenvalue weighted by molar-refractivity contribution is -0.146. The van der Waals surface area contributed by atoms with E-state index in [2.05, 4.69) is 5.32 Å². The molecule has 2 aliphatic rings. The quantitative estimate of drug-likeness (QED) is 0.473. The number of hydrogen-bond donors (Lipinski definition) is 2. The maximum atomic E-state index is 13.0. The van der Waals surface area contributed by atoms with Crippen LogP contribution in [-0.4, -0.2) is 34.0 Å². The zero-order valence-corrected chi connectivity index (χ0v) is 19.8. The minimum Gasteiger partial charge on any atom is -0.481 e. The van der Waals surface area contributed by atoms with E-state index in [9.17, 15) is 24.3 Å². The summed E-state index contributed by atoms with van der Waals surface area (Å²) in [6, 6.07) is 12.6. The van der Waals surface area contributed by atoms with Gasteiger partial charge in [-0.25, -0.2) is 4.90 Å². The highest BCUT2D eigenvalue weighted by Gasteiger charge is 2.40. The predicted molar refractivity (Wildman–Crippen MR) is 131 cm³/mol. The molecule has 2 aromatic carbocycles. The van der Waals surface area contributed by atoms with Gasteiger partial charge in [0.15, 0.2) is 0 Å². The van der Waals surface area contributed by atoms with Crippen LogP contribution >= 0.6 is 11.8 Å². The van der Waals surface area contributed by atoms with Crippen molar-refractivity contribution in [3.8, 4) is 0 Å². The standard InChI is InChI=1S/C26H26N2O5S/c1-15-7-10-18(13-16(15)2)28-23(29)14-22(25(28)31)34-19-11-8-17(9-12-19)27-24(30)20-5-3-4-6-21(20)26(32)33/h3-4,7-13,20-22H,5-6,14H2,1-2H3,(H,27,30)(H,32,33)/t20-,21+,22+/m1/s1. The van der Waals surface area contributed by atoms with E-state index in [0.717, 1.165) is 16.0 Å². The maximum absolute atomic E-state index is 13.0. The maximum Gasteiger partial charge on any atom is 0.307 e. The van der Waals surface area contributed by atoms with Gasteiger partial charge < -0.3 is 10.4 Å². The van der Waals surface area contributed by atoms with Crippen molar-refractivity contribution in [1.29, 1.82) is 0 Å². The number of amides is 3. The Balaban J connectivity index is 1.40. The Labute approximate surface area is 202 Å². The highest BCUT2D eigenvalue weighted by molar-refractivity contribution is 8.00. The smallest absolute Gasteiger partial charge is 0.307 e. The van der Waals surface area contributed by atoms with Gasteiger partial charge >= 0.3 is 5.97 Å². The monoisotopic (exact) mass is 478 g/mol. The SMILES string of the molecule is Cc1ccc(N2C(=O)C[C@H](Sc3ccc(NC(=O)[C@@H]4CC=CC[C@@H]4C(=O)O)cc3)C2=O)cc1C. The molecule has 1 aliphatic heterocycles. The fourth-order valence-corrected chi connectivity index (χ4v) is 5.28. The third-order valence-electron chi connectivity index (χ3n) is 6.34. The van der Waals surface area contributed by atoms with Crippen LogP contribution in [0.4, 0.5) is 11.4 Å². The molecule has 2 N–H and O–H groups in total. The van der Waals surface area contributed by atoms with Crippen LogP contribution in [0.15, 0.2) is 59.5 Å². The normalized spacial score (nSPS) is 22.2. The van der Waals surface area contributed by atoms with Crippen molar-refractivity contribution < 1.29 is 24.3 Å². The second-order valence-corrected chi connectivity index (χ2v) is 9.93. The summed E-state index contributed by atoms with van der Waals surface area (Å²) < 4.78 is 0. The van der Waals surface area contributed by atoms with Crippen molar-refractivity contribution >= 4 is 46.8 Å². The molecule has 0 aromatic heterocycles. The second-order valence-electron chi connectivity index (χ2n) is 8.65. The molecule has 176 valence electrons. The summed E-state index contributed by atoms with van der Waals surface area (Å²) in [6.07, 6.45) is 4.50. The molecule has 8 heteroatoms. The van der Waals surface area contributed by atoms with Gasteiger partial charge in [-0.3, -0.25) is 19.2 Å². The number of nitrogens with one attached hydrogen (secondary N) is 1. The van der Waals surface area contributed by atoms with Crippen LogP contribution in [-0.2, 0) is 19.2 Å². The van der Waals surface area contributed by atoms with E-state index >= 15 is 0 Å². The number of aliphatic carboxylic acids is 1. The number of aryl methyl sites for hydroxylation is 2. The molecule has 7 nitrogen and oxygen atoms in total. The Kier molecular flexibility index (Phi) is 6.88. The van der Waals surface area contributed by atoms with Crippen molar-refractivity contribution in [3.05, 3.63) is 65.7 Å². The molecule has 0 unspecified atom stereocenters. The average molecular weight is 479 g/mol. The molecule has 0 spiro atoms. The van der Waals surface area contributed by atoms with E-state index in [1.165, 1.54) is 16.7 Å². The second kappa shape index (κ2) is 9.85. The summed E-state index contributed by atoms with van der Waals surface area (Å²) in [7, 11) is 0. The molecule has 34 heavy (non-hydrogen) atoms. The zero-order chi connectivity index (χ0) is 24.4. The van der Waals surface area contributed by atoms with Crippen molar-refractivity contribution in [3.63, 3.8) is 0 Å². The van der Waals surface area contributed by atoms with E-state index in [-0.39, 0.29) is 24.1 Å². The van der Waals surface area contributed by atoms with Gasteiger partial charge in [-0.15, -0.1) is 11.8 Å². The van der Waals surface area contributed by atoms with Crippen LogP contribution in [0, 0.1) is 25.7 Å². The van der Waals surface area contributed by atoms with Gasteiger partial charge in [0.2, 0.25) is 17.7 Å². The number of nitrogens with zero attached hydrogens (tertiary/aromatic N) is 1. The number of benzene rings is 2. The fourth-order valence-electron chi connectivity index (χ4n) is 4.23. The molecule has 1 heterocycles. The lowest BCUT2D eigenvalue weighted by Crippen LogP contribution is -2.34. The number of carbonyl (C=O) groups is 4. The number of carboxylic acids is 1. The Bertz CT molecular complexity index is 1170. The number of anilines is 2. The van der Waals surface area contributed by atoms with Gasteiger partial charge in [0.25, 0.3) is 0 Å². The number of allylic oxidation sites excluding steroid dienone is 2. The van der Waals surface area contributed by atoms with Gasteiger partial charge in [-0.2, -0.15) is 0 Å². The summed E-state index contributed by atoms with van der Waals surface area (Å²) >= 11 is 1.32. The first-order chi connectivity index (χ1) is 16.2. The number of imide groups is 1. The summed E-state index contributed by atoms with van der Waals surface area (Å²) in [5, 5.41) is 11.7. The first-order valence-corrected chi connectivity index (χ1v) is 12.0. The van der Waals surface area contributed by atoms with Crippen LogP contribution in [0.5, 0.6) is 0 Å². The summed E-state index contributed by atoms with van der Waals surface area (Å²) in [5.74, 6) is -3.09. The minimum absolute atomic E-state index is 0.126. The Morgan fingerprint density at radius 3 is 2.29 bits per heavy atom. The molecule has 1 saturated heterocycles. The van der Waals surface area contributed by atoms with E-state index < -0.39 is 23.1 Å². The van der Waals surface area contributed by atoms with E-state index in [0.29, 0.717) is 24.2 Å². The molecule has 3 amide bonds. The molecule has 3 atom stereocenters. The van der Waals surface area contributed by atoms with E-state index in [1.54, 1.807) is 36.4 Å². The summed E-state index contributed by atoms with van der Waals surface area (Å²) in [6.45, 7) is 3.93. The molecule has 4 rings (SSSR count). The van der Waals surface area contributed by atoms with Gasteiger partial charge in [-0.1, -0.05) is 18.2 Å². The topological polar surface area (TPSA) is 104 Å². The average Bonchev–Trinajstić information content (AvgIpc) is 3.09. The Hall–Kier alpha value is -3.39. The summed E-state index contributed by atoms with van der Waals surface area (Å²) in [5.41, 5.74) is 3.26. The highest BCUT2D eigenvalue weighted by Crippen LogP contribution is 2.35. The lowest BCUT2D eigenvalue weighted by atomic mass is 9.82. The molecule has 0 saturated carbocycles. The number of hydrogen-bond acceptors (Lipinski definition) is 5. The molecule has 2 aromatic rings. The van der Waals surface area contributed by atoms with Gasteiger partial charge in [0, 0.05) is 17.0 Å². The van der Waals surface area contributed by atoms with Crippen molar-refractivity contribution in [2.45, 2.75) is 43.3 Å². The first-order valence-electron chi connectivity index (χ1n) is 11.1. The van der Waals surface area contributed by atoms with Gasteiger partial charge in [0.05, 0.1) is 22.8 Å². The van der Waals surface area contributed by atoms with Gasteiger partial charge in [-0.05, 0) is 74.2 Å². The van der Waals surface area contributed by atoms with E-state index in [4.69, 9.17) is 0 Å². The Morgan fingerprint density at radius 2 is 1.65 bits per heavy atom. The predicted octanol–water partition coefficient (Wildman–Crippen LogP) is 4.33. The number of carbonyl (C=O) groups excluding carboxylic acids is 3. The first kappa shape index (κ1) is 23.8. The number of rotatable bonds is 6. The van der Waals surface area contributed by atoms with Crippen LogP contribution in [0.1, 0.15) is 30.4 Å². The molecule has 0 radical (unpaired) electrons. The van der Waals surface area contributed by atoms with Crippen LogP contribution < -0.4 is 10.2 Å². The largest absolute Gasteiger partial charge is 0.481 e. The van der Waals surface area contributed by atoms with Crippen LogP contribution in [0.25, 0.3) is 0 Å². The third-order valence-corrected chi connectivity index (χ3v) is 7.54. The van der Waals surface area contributed by atoms with Crippen molar-refractivity contribution in [1.82, 2.24) is 0 Å². The molecule has 1 fully saturated rings.